The van der Waals surface area contributed by atoms with Gasteiger partial charge in [0.15, 0.2) is 11.5 Å². The second-order valence-corrected chi connectivity index (χ2v) is 8.27. The number of rotatable bonds is 5. The van der Waals surface area contributed by atoms with E-state index < -0.39 is 15.0 Å². The number of non-ortho nitro benzene ring substituents is 1. The van der Waals surface area contributed by atoms with Crippen LogP contribution >= 0.6 is 0 Å². The summed E-state index contributed by atoms with van der Waals surface area (Å²) in [6.45, 7) is 1.84. The van der Waals surface area contributed by atoms with Gasteiger partial charge >= 0.3 is 10.1 Å². The van der Waals surface area contributed by atoms with Gasteiger partial charge in [-0.05, 0) is 42.8 Å². The van der Waals surface area contributed by atoms with Crippen molar-refractivity contribution in [3.8, 4) is 5.75 Å². The van der Waals surface area contributed by atoms with E-state index in [-0.39, 0.29) is 22.1 Å². The molecule has 3 aromatic rings. The van der Waals surface area contributed by atoms with Crippen molar-refractivity contribution in [1.82, 2.24) is 0 Å². The summed E-state index contributed by atoms with van der Waals surface area (Å²) in [6.07, 6.45) is 1.54. The molecular weight excluding hydrogens is 420 g/mol. The Morgan fingerprint density at radius 3 is 2.52 bits per heavy atom. The Balaban J connectivity index is 1.72. The zero-order chi connectivity index (χ0) is 22.0. The molecule has 0 saturated heterocycles. The normalized spacial score (nSPS) is 15.5. The number of allylic oxidation sites excluding steroid dienone is 1. The number of nitrogens with zero attached hydrogens (tertiary/aromatic N) is 2. The molecule has 8 nitrogen and oxygen atoms in total. The number of nitro groups is 1. The van der Waals surface area contributed by atoms with Crippen LogP contribution < -0.4 is 4.74 Å². The maximum absolute atomic E-state index is 12.5. The summed E-state index contributed by atoms with van der Waals surface area (Å²) >= 11 is 0. The highest BCUT2D eigenvalue weighted by Gasteiger charge is 2.27. The van der Waals surface area contributed by atoms with E-state index in [1.807, 2.05) is 6.92 Å². The summed E-state index contributed by atoms with van der Waals surface area (Å²) in [5.74, 6) is 0.676. The highest BCUT2D eigenvalue weighted by Crippen LogP contribution is 2.33. The standard InChI is InChI=1S/C22H16N2O6S/c1-15-9-11-18(12-10-15)31(27,28)30-23-22-19-7-2-3-8-20(19)29-21(22)14-16-5-4-6-17(13-16)24(25)26/h2-14H,1H3/b21-14+,23-22+. The minimum absolute atomic E-state index is 0.0288. The first-order valence-corrected chi connectivity index (χ1v) is 10.6. The Kier molecular flexibility index (Phi) is 5.26. The fourth-order valence-corrected chi connectivity index (χ4v) is 3.68. The number of aryl methyl sites for hydroxylation is 1. The minimum atomic E-state index is -4.14. The summed E-state index contributed by atoms with van der Waals surface area (Å²) in [5.41, 5.74) is 2.02. The average Bonchev–Trinajstić information content (AvgIpc) is 3.09. The average molecular weight is 436 g/mol. The molecule has 0 aromatic heterocycles. The van der Waals surface area contributed by atoms with E-state index in [1.165, 1.54) is 30.3 Å². The van der Waals surface area contributed by atoms with E-state index in [9.17, 15) is 18.5 Å². The van der Waals surface area contributed by atoms with E-state index >= 15 is 0 Å². The predicted molar refractivity (Wildman–Crippen MR) is 114 cm³/mol. The van der Waals surface area contributed by atoms with Gasteiger partial charge in [0.05, 0.1) is 10.5 Å². The van der Waals surface area contributed by atoms with Gasteiger partial charge in [0.25, 0.3) is 5.69 Å². The molecule has 0 radical (unpaired) electrons. The Bertz CT molecular complexity index is 1330. The molecule has 0 aliphatic carbocycles. The van der Waals surface area contributed by atoms with Crippen LogP contribution in [-0.2, 0) is 14.4 Å². The molecule has 4 rings (SSSR count). The fourth-order valence-electron chi connectivity index (χ4n) is 2.96. The third kappa shape index (κ3) is 4.31. The van der Waals surface area contributed by atoms with Crippen LogP contribution in [0.4, 0.5) is 5.69 Å². The second kappa shape index (κ2) is 8.04. The lowest BCUT2D eigenvalue weighted by molar-refractivity contribution is -0.384. The van der Waals surface area contributed by atoms with Crippen LogP contribution in [0.25, 0.3) is 6.08 Å². The molecule has 0 amide bonds. The first-order valence-electron chi connectivity index (χ1n) is 9.15. The van der Waals surface area contributed by atoms with Gasteiger partial charge < -0.3 is 4.74 Å². The van der Waals surface area contributed by atoms with Gasteiger partial charge in [-0.15, -0.1) is 0 Å². The van der Waals surface area contributed by atoms with E-state index in [1.54, 1.807) is 48.5 Å². The van der Waals surface area contributed by atoms with Crippen molar-refractivity contribution in [2.75, 3.05) is 0 Å². The molecule has 3 aromatic carbocycles. The number of oxime groups is 1. The summed E-state index contributed by atoms with van der Waals surface area (Å²) in [6, 6.07) is 19.1. The largest absolute Gasteiger partial charge is 0.454 e. The molecule has 0 fully saturated rings. The number of fused-ring (bicyclic) bond motifs is 1. The molecule has 0 spiro atoms. The summed E-state index contributed by atoms with van der Waals surface area (Å²) in [4.78, 5) is 10.5. The third-order valence-electron chi connectivity index (χ3n) is 4.51. The Hall–Kier alpha value is -3.98. The Morgan fingerprint density at radius 1 is 1.03 bits per heavy atom. The molecule has 9 heteroatoms. The molecular formula is C22H16N2O6S. The van der Waals surface area contributed by atoms with Crippen LogP contribution in [0.5, 0.6) is 5.75 Å². The number of ether oxygens (including phenoxy) is 1. The SMILES string of the molecule is Cc1ccc(S(=O)(=O)O/N=C2/C(=C\c3cccc([N+](=O)[O-])c3)Oc3ccccc32)cc1. The van der Waals surface area contributed by atoms with Crippen molar-refractivity contribution in [1.29, 1.82) is 0 Å². The highest BCUT2D eigenvalue weighted by atomic mass is 32.2. The van der Waals surface area contributed by atoms with E-state index in [0.29, 0.717) is 16.9 Å². The van der Waals surface area contributed by atoms with Crippen LogP contribution in [0.1, 0.15) is 16.7 Å². The van der Waals surface area contributed by atoms with Gasteiger partial charge in [0, 0.05) is 12.1 Å². The maximum atomic E-state index is 12.5. The van der Waals surface area contributed by atoms with E-state index in [2.05, 4.69) is 5.16 Å². The van der Waals surface area contributed by atoms with Crippen LogP contribution in [0, 0.1) is 17.0 Å². The van der Waals surface area contributed by atoms with Gasteiger partial charge in [-0.3, -0.25) is 14.4 Å². The number of hydrogen-bond acceptors (Lipinski definition) is 7. The zero-order valence-corrected chi connectivity index (χ0v) is 17.1. The summed E-state index contributed by atoms with van der Waals surface area (Å²) < 4.78 is 35.8. The highest BCUT2D eigenvalue weighted by molar-refractivity contribution is 7.86. The van der Waals surface area contributed by atoms with E-state index in [4.69, 9.17) is 9.02 Å². The van der Waals surface area contributed by atoms with Gasteiger partial charge in [-0.2, -0.15) is 8.42 Å². The van der Waals surface area contributed by atoms with Crippen molar-refractivity contribution in [3.05, 3.63) is 105 Å². The molecule has 1 aliphatic rings. The number of para-hydroxylation sites is 1. The predicted octanol–water partition coefficient (Wildman–Crippen LogP) is 4.45. The molecule has 31 heavy (non-hydrogen) atoms. The molecule has 0 N–H and O–H groups in total. The molecule has 156 valence electrons. The minimum Gasteiger partial charge on any atom is -0.454 e. The topological polar surface area (TPSA) is 108 Å². The molecule has 0 atom stereocenters. The fraction of sp³-hybridized carbons (Fsp3) is 0.0455. The van der Waals surface area contributed by atoms with Crippen molar-refractivity contribution in [2.24, 2.45) is 5.16 Å². The number of hydrogen-bond donors (Lipinski definition) is 0. The van der Waals surface area contributed by atoms with Gasteiger partial charge in [-0.1, -0.05) is 47.1 Å². The lowest BCUT2D eigenvalue weighted by Crippen LogP contribution is -2.07. The van der Waals surface area contributed by atoms with Gasteiger partial charge in [-0.25, -0.2) is 0 Å². The van der Waals surface area contributed by atoms with Crippen molar-refractivity contribution in [3.63, 3.8) is 0 Å². The van der Waals surface area contributed by atoms with Gasteiger partial charge in [0.1, 0.15) is 10.6 Å². The number of benzene rings is 3. The third-order valence-corrected chi connectivity index (χ3v) is 5.63. The first kappa shape index (κ1) is 20.3. The lowest BCUT2D eigenvalue weighted by atomic mass is 10.1. The van der Waals surface area contributed by atoms with E-state index in [0.717, 1.165) is 5.56 Å². The quantitative estimate of drug-likeness (QED) is 0.432. The first-order chi connectivity index (χ1) is 14.8. The molecule has 0 saturated carbocycles. The van der Waals surface area contributed by atoms with Crippen LogP contribution in [-0.4, -0.2) is 19.1 Å². The Labute approximate surface area is 178 Å². The second-order valence-electron chi connectivity index (χ2n) is 6.74. The van der Waals surface area contributed by atoms with Gasteiger partial charge in [0.2, 0.25) is 0 Å². The van der Waals surface area contributed by atoms with Crippen molar-refractivity contribution < 1.29 is 22.4 Å². The van der Waals surface area contributed by atoms with Crippen LogP contribution in [0.2, 0.25) is 0 Å². The monoisotopic (exact) mass is 436 g/mol. The van der Waals surface area contributed by atoms with Crippen LogP contribution in [0.15, 0.2) is 88.6 Å². The Morgan fingerprint density at radius 2 is 1.77 bits per heavy atom. The molecule has 0 bridgehead atoms. The summed E-state index contributed by atoms with van der Waals surface area (Å²) in [7, 11) is -4.14. The lowest BCUT2D eigenvalue weighted by Gasteiger charge is -2.04. The number of nitro benzene ring substituents is 1. The summed E-state index contributed by atoms with van der Waals surface area (Å²) in [5, 5.41) is 14.9. The smallest absolute Gasteiger partial charge is 0.358 e. The molecule has 1 aliphatic heterocycles. The maximum Gasteiger partial charge on any atom is 0.358 e. The van der Waals surface area contributed by atoms with Crippen molar-refractivity contribution >= 4 is 27.6 Å². The zero-order valence-electron chi connectivity index (χ0n) is 16.3. The van der Waals surface area contributed by atoms with Crippen LogP contribution in [0.3, 0.4) is 0 Å². The van der Waals surface area contributed by atoms with Crippen molar-refractivity contribution in [2.45, 2.75) is 11.8 Å². The molecule has 0 unspecified atom stereocenters. The molecule has 1 heterocycles.